The van der Waals surface area contributed by atoms with Gasteiger partial charge in [0, 0.05) is 30.9 Å². The Morgan fingerprint density at radius 3 is 2.79 bits per heavy atom. The molecule has 2 nitrogen and oxygen atoms in total. The van der Waals surface area contributed by atoms with Gasteiger partial charge in [0.25, 0.3) is 0 Å². The summed E-state index contributed by atoms with van der Waals surface area (Å²) in [6.07, 6.45) is 4.02. The van der Waals surface area contributed by atoms with Crippen molar-refractivity contribution in [1.82, 2.24) is 4.90 Å². The Labute approximate surface area is 117 Å². The topological polar surface area (TPSA) is 6.48 Å². The third kappa shape index (κ3) is 2.38. The van der Waals surface area contributed by atoms with Gasteiger partial charge in [-0.15, -0.1) is 0 Å². The van der Waals surface area contributed by atoms with Gasteiger partial charge in [-0.05, 0) is 51.3 Å². The van der Waals surface area contributed by atoms with E-state index in [0.29, 0.717) is 6.04 Å². The Morgan fingerprint density at radius 2 is 2.05 bits per heavy atom. The monoisotopic (exact) mass is 258 g/mol. The molecule has 0 N–H and O–H groups in total. The van der Waals surface area contributed by atoms with Crippen LogP contribution < -0.4 is 4.90 Å². The quantitative estimate of drug-likeness (QED) is 0.802. The van der Waals surface area contributed by atoms with Gasteiger partial charge in [0.1, 0.15) is 0 Å². The predicted molar refractivity (Wildman–Crippen MR) is 81.9 cm³/mol. The molecule has 2 atom stereocenters. The normalized spacial score (nSPS) is 27.6. The summed E-state index contributed by atoms with van der Waals surface area (Å²) in [4.78, 5) is 5.40. The molecule has 2 heterocycles. The lowest BCUT2D eigenvalue weighted by Crippen LogP contribution is -2.56. The molecule has 104 valence electrons. The fraction of sp³-hybridized carbons (Fsp3) is 0.647. The van der Waals surface area contributed by atoms with E-state index in [9.17, 15) is 0 Å². The minimum absolute atomic E-state index is 0.691. The number of hydrogen-bond acceptors (Lipinski definition) is 2. The molecule has 2 saturated heterocycles. The Hall–Kier alpha value is -1.02. The average molecular weight is 258 g/mol. The first-order valence-electron chi connectivity index (χ1n) is 7.77. The van der Waals surface area contributed by atoms with Crippen LogP contribution in [0.4, 0.5) is 5.69 Å². The minimum Gasteiger partial charge on any atom is -0.365 e. The maximum Gasteiger partial charge on any atom is 0.0415 e. The molecule has 1 aromatic rings. The molecule has 2 fully saturated rings. The first-order chi connectivity index (χ1) is 9.19. The second-order valence-electron chi connectivity index (χ2n) is 6.30. The van der Waals surface area contributed by atoms with Gasteiger partial charge >= 0.3 is 0 Å². The number of rotatable bonds is 2. The largest absolute Gasteiger partial charge is 0.365 e. The van der Waals surface area contributed by atoms with Gasteiger partial charge in [-0.3, -0.25) is 4.90 Å². The highest BCUT2D eigenvalue weighted by molar-refractivity contribution is 5.55. The molecule has 2 heteroatoms. The fourth-order valence-electron chi connectivity index (χ4n) is 3.86. The van der Waals surface area contributed by atoms with Crippen molar-refractivity contribution in [2.75, 3.05) is 24.5 Å². The number of anilines is 1. The third-order valence-corrected chi connectivity index (χ3v) is 4.93. The molecule has 0 bridgehead atoms. The van der Waals surface area contributed by atoms with Crippen molar-refractivity contribution < 1.29 is 0 Å². The zero-order valence-electron chi connectivity index (χ0n) is 12.5. The highest BCUT2D eigenvalue weighted by atomic mass is 15.3. The van der Waals surface area contributed by atoms with Crippen molar-refractivity contribution in [3.8, 4) is 0 Å². The van der Waals surface area contributed by atoms with E-state index in [1.165, 1.54) is 55.7 Å². The van der Waals surface area contributed by atoms with Gasteiger partial charge < -0.3 is 4.90 Å². The zero-order valence-corrected chi connectivity index (χ0v) is 12.5. The summed E-state index contributed by atoms with van der Waals surface area (Å²) in [5, 5.41) is 0. The SMILES string of the molecule is CCC1CN2CCCC2CN1c1ccc(C)cc1C. The molecule has 0 radical (unpaired) electrons. The van der Waals surface area contributed by atoms with Gasteiger partial charge in [-0.1, -0.05) is 24.6 Å². The second-order valence-corrected chi connectivity index (χ2v) is 6.30. The average Bonchev–Trinajstić information content (AvgIpc) is 2.84. The second kappa shape index (κ2) is 5.16. The van der Waals surface area contributed by atoms with Crippen LogP contribution in [-0.2, 0) is 0 Å². The van der Waals surface area contributed by atoms with E-state index >= 15 is 0 Å². The number of aryl methyl sites for hydroxylation is 2. The van der Waals surface area contributed by atoms with E-state index in [1.54, 1.807) is 0 Å². The van der Waals surface area contributed by atoms with Crippen LogP contribution in [0.5, 0.6) is 0 Å². The smallest absolute Gasteiger partial charge is 0.0415 e. The van der Waals surface area contributed by atoms with Crippen molar-refractivity contribution in [1.29, 1.82) is 0 Å². The molecule has 3 rings (SSSR count). The summed E-state index contributed by atoms with van der Waals surface area (Å²) in [6.45, 7) is 10.6. The van der Waals surface area contributed by atoms with Crippen LogP contribution in [0.3, 0.4) is 0 Å². The van der Waals surface area contributed by atoms with Gasteiger partial charge in [0.2, 0.25) is 0 Å². The third-order valence-electron chi connectivity index (χ3n) is 4.93. The van der Waals surface area contributed by atoms with E-state index in [1.807, 2.05) is 0 Å². The Kier molecular flexibility index (Phi) is 3.53. The number of fused-ring (bicyclic) bond motifs is 1. The van der Waals surface area contributed by atoms with E-state index in [2.05, 4.69) is 48.8 Å². The predicted octanol–water partition coefficient (Wildman–Crippen LogP) is 3.37. The van der Waals surface area contributed by atoms with E-state index in [-0.39, 0.29) is 0 Å². The number of benzene rings is 1. The molecule has 0 aromatic heterocycles. The van der Waals surface area contributed by atoms with Crippen LogP contribution in [-0.4, -0.2) is 36.6 Å². The minimum atomic E-state index is 0.691. The molecule has 2 aliphatic heterocycles. The standard InChI is InChI=1S/C17H26N2/c1-4-15-11-18-9-5-6-16(18)12-19(15)17-8-7-13(2)10-14(17)3/h7-8,10,15-16H,4-6,9,11-12H2,1-3H3. The molecule has 2 unspecified atom stereocenters. The molecular weight excluding hydrogens is 232 g/mol. The Bertz CT molecular complexity index is 455. The number of hydrogen-bond donors (Lipinski definition) is 0. The molecule has 0 amide bonds. The lowest BCUT2D eigenvalue weighted by Gasteiger charge is -2.45. The van der Waals surface area contributed by atoms with Crippen molar-refractivity contribution in [2.24, 2.45) is 0 Å². The lowest BCUT2D eigenvalue weighted by atomic mass is 10.0. The molecule has 2 aliphatic rings. The van der Waals surface area contributed by atoms with Gasteiger partial charge in [0.15, 0.2) is 0 Å². The number of piperazine rings is 1. The van der Waals surface area contributed by atoms with Gasteiger partial charge in [-0.2, -0.15) is 0 Å². The van der Waals surface area contributed by atoms with Crippen LogP contribution in [0.25, 0.3) is 0 Å². The maximum absolute atomic E-state index is 2.72. The highest BCUT2D eigenvalue weighted by Gasteiger charge is 2.35. The molecule has 0 saturated carbocycles. The van der Waals surface area contributed by atoms with E-state index in [4.69, 9.17) is 0 Å². The van der Waals surface area contributed by atoms with E-state index < -0.39 is 0 Å². The molecule has 0 aliphatic carbocycles. The van der Waals surface area contributed by atoms with Crippen LogP contribution >= 0.6 is 0 Å². The lowest BCUT2D eigenvalue weighted by molar-refractivity contribution is 0.194. The van der Waals surface area contributed by atoms with Crippen molar-refractivity contribution >= 4 is 5.69 Å². The Balaban J connectivity index is 1.88. The summed E-state index contributed by atoms with van der Waals surface area (Å²) < 4.78 is 0. The van der Waals surface area contributed by atoms with Gasteiger partial charge in [0.05, 0.1) is 0 Å². The summed E-state index contributed by atoms with van der Waals surface area (Å²) >= 11 is 0. The Morgan fingerprint density at radius 1 is 1.21 bits per heavy atom. The first-order valence-corrected chi connectivity index (χ1v) is 7.77. The van der Waals surface area contributed by atoms with Gasteiger partial charge in [-0.25, -0.2) is 0 Å². The van der Waals surface area contributed by atoms with Crippen molar-refractivity contribution in [3.05, 3.63) is 29.3 Å². The van der Waals surface area contributed by atoms with Crippen molar-refractivity contribution in [2.45, 2.75) is 52.1 Å². The number of nitrogens with zero attached hydrogens (tertiary/aromatic N) is 2. The highest BCUT2D eigenvalue weighted by Crippen LogP contribution is 2.31. The zero-order chi connectivity index (χ0) is 13.4. The van der Waals surface area contributed by atoms with Crippen LogP contribution in [0, 0.1) is 13.8 Å². The van der Waals surface area contributed by atoms with Crippen molar-refractivity contribution in [3.63, 3.8) is 0 Å². The summed E-state index contributed by atoms with van der Waals surface area (Å²) in [6, 6.07) is 8.40. The molecular formula is C17H26N2. The first kappa shape index (κ1) is 13.0. The van der Waals surface area contributed by atoms with Crippen LogP contribution in [0.15, 0.2) is 18.2 Å². The molecule has 19 heavy (non-hydrogen) atoms. The maximum atomic E-state index is 2.72. The van der Waals surface area contributed by atoms with Crippen LogP contribution in [0.2, 0.25) is 0 Å². The van der Waals surface area contributed by atoms with E-state index in [0.717, 1.165) is 6.04 Å². The fourth-order valence-corrected chi connectivity index (χ4v) is 3.86. The summed E-state index contributed by atoms with van der Waals surface area (Å²) in [7, 11) is 0. The summed E-state index contributed by atoms with van der Waals surface area (Å²) in [5.41, 5.74) is 4.27. The molecule has 1 aromatic carbocycles. The van der Waals surface area contributed by atoms with Crippen LogP contribution in [0.1, 0.15) is 37.3 Å². The molecule has 0 spiro atoms. The summed E-state index contributed by atoms with van der Waals surface area (Å²) in [5.74, 6) is 0.